The number of rotatable bonds is 6. The number of nitrogens with one attached hydrogen (secondary N) is 1. The minimum Gasteiger partial charge on any atom is -0.311 e. The van der Waals surface area contributed by atoms with Crippen LogP contribution in [-0.2, 0) is 13.1 Å². The predicted molar refractivity (Wildman–Crippen MR) is 59.0 cm³/mol. The highest BCUT2D eigenvalue weighted by Gasteiger charge is 1.97. The molecule has 0 aliphatic carbocycles. The summed E-state index contributed by atoms with van der Waals surface area (Å²) in [6.07, 6.45) is 3.16. The van der Waals surface area contributed by atoms with Crippen molar-refractivity contribution >= 4 is 0 Å². The first kappa shape index (κ1) is 11.0. The van der Waals surface area contributed by atoms with Crippen LogP contribution >= 0.6 is 0 Å². The highest BCUT2D eigenvalue weighted by atomic mass is 15.3. The molecule has 1 N–H and O–H groups in total. The monoisotopic (exact) mass is 193 g/mol. The van der Waals surface area contributed by atoms with E-state index in [9.17, 15) is 0 Å². The van der Waals surface area contributed by atoms with Crippen molar-refractivity contribution in [3.8, 4) is 0 Å². The van der Waals surface area contributed by atoms with Crippen LogP contribution in [0.5, 0.6) is 0 Å². The Hall–Kier alpha value is -1.09. The van der Waals surface area contributed by atoms with Crippen LogP contribution in [0, 0.1) is 0 Å². The number of hydrogen-bond donors (Lipinski definition) is 1. The van der Waals surface area contributed by atoms with Crippen molar-refractivity contribution < 1.29 is 0 Å². The highest BCUT2D eigenvalue weighted by Crippen LogP contribution is 1.98. The molecule has 0 aromatic carbocycles. The molecule has 1 heterocycles. The number of aromatic nitrogens is 2. The minimum absolute atomic E-state index is 0.813. The molecule has 0 fully saturated rings. The van der Waals surface area contributed by atoms with E-state index in [1.54, 1.807) is 0 Å². The summed E-state index contributed by atoms with van der Waals surface area (Å²) in [5, 5.41) is 7.74. The van der Waals surface area contributed by atoms with Crippen LogP contribution < -0.4 is 5.32 Å². The Morgan fingerprint density at radius 1 is 1.64 bits per heavy atom. The Labute approximate surface area is 85.8 Å². The van der Waals surface area contributed by atoms with Gasteiger partial charge in [-0.05, 0) is 26.0 Å². The molecule has 0 amide bonds. The van der Waals surface area contributed by atoms with Crippen molar-refractivity contribution in [1.82, 2.24) is 15.1 Å². The maximum absolute atomic E-state index is 4.42. The van der Waals surface area contributed by atoms with E-state index < -0.39 is 0 Å². The van der Waals surface area contributed by atoms with Crippen LogP contribution in [0.4, 0.5) is 0 Å². The first-order valence-electron chi connectivity index (χ1n) is 5.09. The summed E-state index contributed by atoms with van der Waals surface area (Å²) >= 11 is 0. The Kier molecular flexibility index (Phi) is 4.40. The SMILES string of the molecule is C=C(C)Cn1ccc(CNCCC)n1. The molecule has 0 bridgehead atoms. The summed E-state index contributed by atoms with van der Waals surface area (Å²) in [7, 11) is 0. The summed E-state index contributed by atoms with van der Waals surface area (Å²) in [5.41, 5.74) is 2.22. The van der Waals surface area contributed by atoms with Gasteiger partial charge >= 0.3 is 0 Å². The van der Waals surface area contributed by atoms with E-state index in [-0.39, 0.29) is 0 Å². The van der Waals surface area contributed by atoms with Crippen LogP contribution in [0.1, 0.15) is 26.0 Å². The molecule has 0 atom stereocenters. The summed E-state index contributed by atoms with van der Waals surface area (Å²) in [6, 6.07) is 2.05. The van der Waals surface area contributed by atoms with E-state index in [2.05, 4.69) is 23.9 Å². The Bertz CT molecular complexity index is 288. The second kappa shape index (κ2) is 5.60. The van der Waals surface area contributed by atoms with Crippen molar-refractivity contribution in [3.05, 3.63) is 30.1 Å². The predicted octanol–water partition coefficient (Wildman–Crippen LogP) is 1.96. The first-order valence-corrected chi connectivity index (χ1v) is 5.09. The molecule has 0 saturated heterocycles. The maximum atomic E-state index is 4.42. The van der Waals surface area contributed by atoms with Gasteiger partial charge in [-0.3, -0.25) is 4.68 Å². The fraction of sp³-hybridized carbons (Fsp3) is 0.545. The molecule has 1 aromatic rings. The van der Waals surface area contributed by atoms with Gasteiger partial charge in [-0.25, -0.2) is 0 Å². The van der Waals surface area contributed by atoms with Crippen LogP contribution in [0.3, 0.4) is 0 Å². The summed E-state index contributed by atoms with van der Waals surface area (Å²) < 4.78 is 1.92. The minimum atomic E-state index is 0.813. The van der Waals surface area contributed by atoms with Gasteiger partial charge in [-0.15, -0.1) is 0 Å². The van der Waals surface area contributed by atoms with Gasteiger partial charge in [-0.2, -0.15) is 5.10 Å². The maximum Gasteiger partial charge on any atom is 0.0762 e. The van der Waals surface area contributed by atoms with E-state index in [4.69, 9.17) is 0 Å². The van der Waals surface area contributed by atoms with E-state index in [0.717, 1.165) is 37.3 Å². The van der Waals surface area contributed by atoms with Gasteiger partial charge in [0.1, 0.15) is 0 Å². The fourth-order valence-corrected chi connectivity index (χ4v) is 1.26. The molecule has 0 spiro atoms. The zero-order valence-electron chi connectivity index (χ0n) is 9.08. The van der Waals surface area contributed by atoms with Gasteiger partial charge in [-0.1, -0.05) is 19.1 Å². The molecule has 3 heteroatoms. The molecule has 78 valence electrons. The zero-order chi connectivity index (χ0) is 10.4. The molecule has 1 aromatic heterocycles. The third-order valence-corrected chi connectivity index (χ3v) is 1.86. The number of hydrogen-bond acceptors (Lipinski definition) is 2. The second-order valence-corrected chi connectivity index (χ2v) is 3.64. The molecule has 14 heavy (non-hydrogen) atoms. The van der Waals surface area contributed by atoms with Crippen LogP contribution in [0.25, 0.3) is 0 Å². The van der Waals surface area contributed by atoms with E-state index in [0.29, 0.717) is 0 Å². The Morgan fingerprint density at radius 3 is 3.07 bits per heavy atom. The molecule has 0 saturated carbocycles. The third kappa shape index (κ3) is 3.75. The second-order valence-electron chi connectivity index (χ2n) is 3.64. The van der Waals surface area contributed by atoms with Gasteiger partial charge in [0.05, 0.1) is 12.2 Å². The molecular weight excluding hydrogens is 174 g/mol. The molecule has 0 aliphatic rings. The van der Waals surface area contributed by atoms with Crippen LogP contribution in [-0.4, -0.2) is 16.3 Å². The molecule has 1 rings (SSSR count). The zero-order valence-corrected chi connectivity index (χ0v) is 9.08. The standard InChI is InChI=1S/C11H19N3/c1-4-6-12-8-11-5-7-14(13-11)9-10(2)3/h5,7,12H,2,4,6,8-9H2,1,3H3. The van der Waals surface area contributed by atoms with Crippen molar-refractivity contribution in [2.75, 3.05) is 6.54 Å². The quantitative estimate of drug-likeness (QED) is 0.553. The van der Waals surface area contributed by atoms with Gasteiger partial charge < -0.3 is 5.32 Å². The first-order chi connectivity index (χ1) is 6.72. The summed E-state index contributed by atoms with van der Waals surface area (Å²) in [5.74, 6) is 0. The Morgan fingerprint density at radius 2 is 2.43 bits per heavy atom. The third-order valence-electron chi connectivity index (χ3n) is 1.86. The topological polar surface area (TPSA) is 29.9 Å². The average Bonchev–Trinajstić information content (AvgIpc) is 2.52. The smallest absolute Gasteiger partial charge is 0.0762 e. The average molecular weight is 193 g/mol. The van der Waals surface area contributed by atoms with Crippen molar-refractivity contribution in [2.45, 2.75) is 33.4 Å². The van der Waals surface area contributed by atoms with Crippen LogP contribution in [0.2, 0.25) is 0 Å². The van der Waals surface area contributed by atoms with Crippen molar-refractivity contribution in [3.63, 3.8) is 0 Å². The highest BCUT2D eigenvalue weighted by molar-refractivity contribution is 5.00. The molecular formula is C11H19N3. The molecule has 0 aliphatic heterocycles. The number of nitrogens with zero attached hydrogens (tertiary/aromatic N) is 2. The fourth-order valence-electron chi connectivity index (χ4n) is 1.26. The van der Waals surface area contributed by atoms with Gasteiger partial charge in [0.25, 0.3) is 0 Å². The normalized spacial score (nSPS) is 10.4. The summed E-state index contributed by atoms with van der Waals surface area (Å²) in [6.45, 7) is 10.7. The van der Waals surface area contributed by atoms with E-state index >= 15 is 0 Å². The lowest BCUT2D eigenvalue weighted by Gasteiger charge is -2.00. The van der Waals surface area contributed by atoms with Crippen molar-refractivity contribution in [2.24, 2.45) is 0 Å². The van der Waals surface area contributed by atoms with Gasteiger partial charge in [0.15, 0.2) is 0 Å². The Balaban J connectivity index is 2.38. The molecule has 3 nitrogen and oxygen atoms in total. The van der Waals surface area contributed by atoms with Gasteiger partial charge in [0, 0.05) is 12.7 Å². The number of allylic oxidation sites excluding steroid dienone is 1. The van der Waals surface area contributed by atoms with E-state index in [1.165, 1.54) is 0 Å². The molecule has 0 radical (unpaired) electrons. The largest absolute Gasteiger partial charge is 0.311 e. The summed E-state index contributed by atoms with van der Waals surface area (Å²) in [4.78, 5) is 0. The lowest BCUT2D eigenvalue weighted by molar-refractivity contribution is 0.625. The van der Waals surface area contributed by atoms with Crippen LogP contribution in [0.15, 0.2) is 24.4 Å². The lowest BCUT2D eigenvalue weighted by atomic mass is 10.4. The lowest BCUT2D eigenvalue weighted by Crippen LogP contribution is -2.14. The van der Waals surface area contributed by atoms with Crippen molar-refractivity contribution in [1.29, 1.82) is 0 Å². The van der Waals surface area contributed by atoms with Gasteiger partial charge in [0.2, 0.25) is 0 Å². The molecule has 0 unspecified atom stereocenters. The van der Waals surface area contributed by atoms with E-state index in [1.807, 2.05) is 23.9 Å².